The molecule has 0 aliphatic carbocycles. The highest BCUT2D eigenvalue weighted by atomic mass is 16.5. The lowest BCUT2D eigenvalue weighted by molar-refractivity contribution is -0.125. The van der Waals surface area contributed by atoms with Gasteiger partial charge in [0.2, 0.25) is 5.91 Å². The molecule has 0 aromatic heterocycles. The number of carbonyl (C=O) groups excluding carboxylic acids is 1. The number of fused-ring (bicyclic) bond motifs is 1. The fourth-order valence-electron chi connectivity index (χ4n) is 1.95. The van der Waals surface area contributed by atoms with E-state index in [1.165, 1.54) is 0 Å². The first-order valence-corrected chi connectivity index (χ1v) is 4.28. The summed E-state index contributed by atoms with van der Waals surface area (Å²) in [6, 6.07) is -0.0613. The van der Waals surface area contributed by atoms with Crippen molar-refractivity contribution in [2.45, 2.75) is 25.6 Å². The third kappa shape index (κ3) is 1.03. The highest BCUT2D eigenvalue weighted by molar-refractivity contribution is 5.85. The Hall–Kier alpha value is -0.610. The molecule has 0 radical (unpaired) electrons. The van der Waals surface area contributed by atoms with E-state index in [1.807, 2.05) is 13.8 Å². The molecule has 4 nitrogen and oxygen atoms in total. The van der Waals surface area contributed by atoms with Crippen molar-refractivity contribution < 1.29 is 9.53 Å². The maximum atomic E-state index is 11.4. The van der Waals surface area contributed by atoms with Crippen molar-refractivity contribution in [3.63, 3.8) is 0 Å². The van der Waals surface area contributed by atoms with Crippen molar-refractivity contribution in [1.29, 1.82) is 0 Å². The normalized spacial score (nSPS) is 34.5. The Morgan fingerprint density at radius 2 is 2.42 bits per heavy atom. The van der Waals surface area contributed by atoms with Gasteiger partial charge < -0.3 is 10.1 Å². The van der Waals surface area contributed by atoms with Crippen LogP contribution in [0, 0.1) is 0 Å². The minimum atomic E-state index is -0.189. The second kappa shape index (κ2) is 2.44. The number of ether oxygens (including phenoxy) is 1. The standard InChI is InChI=1S/C8H14N2O2/c1-8(2)9-7(11)6-5-12-4-3-10(6)8/h6H,3-5H2,1-2H3,(H,9,11). The lowest BCUT2D eigenvalue weighted by Gasteiger charge is -2.36. The Kier molecular flexibility index (Phi) is 1.63. The van der Waals surface area contributed by atoms with E-state index in [9.17, 15) is 4.79 Å². The molecular weight excluding hydrogens is 156 g/mol. The number of carbonyl (C=O) groups is 1. The third-order valence-corrected chi connectivity index (χ3v) is 2.58. The lowest BCUT2D eigenvalue weighted by Crippen LogP contribution is -2.52. The van der Waals surface area contributed by atoms with Gasteiger partial charge >= 0.3 is 0 Å². The molecule has 2 rings (SSSR count). The van der Waals surface area contributed by atoms with Crippen LogP contribution in [0.5, 0.6) is 0 Å². The third-order valence-electron chi connectivity index (χ3n) is 2.58. The average Bonchev–Trinajstić information content (AvgIpc) is 2.25. The Morgan fingerprint density at radius 3 is 3.08 bits per heavy atom. The zero-order chi connectivity index (χ0) is 8.77. The van der Waals surface area contributed by atoms with Gasteiger partial charge in [0.25, 0.3) is 0 Å². The Morgan fingerprint density at radius 1 is 1.67 bits per heavy atom. The lowest BCUT2D eigenvalue weighted by atomic mass is 10.2. The van der Waals surface area contributed by atoms with E-state index in [4.69, 9.17) is 4.74 Å². The van der Waals surface area contributed by atoms with E-state index in [0.717, 1.165) is 13.2 Å². The first kappa shape index (κ1) is 8.01. The molecule has 0 aromatic carbocycles. The van der Waals surface area contributed by atoms with Gasteiger partial charge in [0, 0.05) is 6.54 Å². The van der Waals surface area contributed by atoms with Crippen molar-refractivity contribution in [3.8, 4) is 0 Å². The number of hydrogen-bond donors (Lipinski definition) is 1. The molecule has 0 spiro atoms. The molecule has 1 N–H and O–H groups in total. The van der Waals surface area contributed by atoms with Crippen LogP contribution < -0.4 is 5.32 Å². The molecule has 0 aromatic rings. The van der Waals surface area contributed by atoms with Crippen LogP contribution in [0.2, 0.25) is 0 Å². The summed E-state index contributed by atoms with van der Waals surface area (Å²) >= 11 is 0. The van der Waals surface area contributed by atoms with E-state index in [1.54, 1.807) is 0 Å². The maximum absolute atomic E-state index is 11.4. The largest absolute Gasteiger partial charge is 0.378 e. The quantitative estimate of drug-likeness (QED) is 0.535. The highest BCUT2D eigenvalue weighted by Crippen LogP contribution is 2.24. The first-order chi connectivity index (χ1) is 5.61. The summed E-state index contributed by atoms with van der Waals surface area (Å²) in [7, 11) is 0. The summed E-state index contributed by atoms with van der Waals surface area (Å²) in [6.45, 7) is 6.16. The molecule has 1 atom stereocenters. The summed E-state index contributed by atoms with van der Waals surface area (Å²) in [5, 5.41) is 2.94. The molecule has 68 valence electrons. The molecule has 2 aliphatic heterocycles. The zero-order valence-electron chi connectivity index (χ0n) is 7.46. The van der Waals surface area contributed by atoms with Crippen molar-refractivity contribution in [3.05, 3.63) is 0 Å². The SMILES string of the molecule is CC1(C)NC(=O)C2COCCN21. The minimum absolute atomic E-state index is 0.0613. The number of nitrogens with zero attached hydrogens (tertiary/aromatic N) is 1. The summed E-state index contributed by atoms with van der Waals surface area (Å²) in [5.74, 6) is 0.0969. The molecule has 0 bridgehead atoms. The Labute approximate surface area is 71.9 Å². The summed E-state index contributed by atoms with van der Waals surface area (Å²) < 4.78 is 5.24. The molecule has 2 fully saturated rings. The van der Waals surface area contributed by atoms with Crippen LogP contribution in [0.15, 0.2) is 0 Å². The molecule has 2 saturated heterocycles. The van der Waals surface area contributed by atoms with Crippen LogP contribution in [-0.4, -0.2) is 42.3 Å². The molecule has 1 unspecified atom stereocenters. The molecule has 2 heterocycles. The van der Waals surface area contributed by atoms with Gasteiger partial charge in [-0.2, -0.15) is 0 Å². The monoisotopic (exact) mass is 170 g/mol. The topological polar surface area (TPSA) is 41.6 Å². The van der Waals surface area contributed by atoms with Gasteiger partial charge in [-0.3, -0.25) is 9.69 Å². The van der Waals surface area contributed by atoms with Crippen LogP contribution in [0.25, 0.3) is 0 Å². The molecule has 12 heavy (non-hydrogen) atoms. The minimum Gasteiger partial charge on any atom is -0.378 e. The highest BCUT2D eigenvalue weighted by Gasteiger charge is 2.46. The van der Waals surface area contributed by atoms with E-state index >= 15 is 0 Å². The predicted molar refractivity (Wildman–Crippen MR) is 43.5 cm³/mol. The van der Waals surface area contributed by atoms with E-state index < -0.39 is 0 Å². The fraction of sp³-hybridized carbons (Fsp3) is 0.875. The van der Waals surface area contributed by atoms with Crippen LogP contribution in [0.4, 0.5) is 0 Å². The summed E-state index contributed by atoms with van der Waals surface area (Å²) in [6.07, 6.45) is 0. The Balaban J connectivity index is 2.22. The summed E-state index contributed by atoms with van der Waals surface area (Å²) in [5.41, 5.74) is -0.189. The van der Waals surface area contributed by atoms with E-state index in [2.05, 4.69) is 10.2 Å². The second-order valence-corrected chi connectivity index (χ2v) is 3.83. The van der Waals surface area contributed by atoms with Gasteiger partial charge in [-0.05, 0) is 13.8 Å². The van der Waals surface area contributed by atoms with Crippen LogP contribution in [-0.2, 0) is 9.53 Å². The number of amides is 1. The smallest absolute Gasteiger partial charge is 0.241 e. The van der Waals surface area contributed by atoms with Crippen molar-refractivity contribution in [1.82, 2.24) is 10.2 Å². The molecule has 4 heteroatoms. The fourth-order valence-corrected chi connectivity index (χ4v) is 1.95. The molecule has 2 aliphatic rings. The van der Waals surface area contributed by atoms with Crippen LogP contribution >= 0.6 is 0 Å². The molecule has 0 saturated carbocycles. The van der Waals surface area contributed by atoms with Gasteiger partial charge in [0.15, 0.2) is 0 Å². The van der Waals surface area contributed by atoms with Gasteiger partial charge in [0.05, 0.1) is 18.9 Å². The van der Waals surface area contributed by atoms with Crippen molar-refractivity contribution >= 4 is 5.91 Å². The summed E-state index contributed by atoms with van der Waals surface area (Å²) in [4.78, 5) is 13.6. The van der Waals surface area contributed by atoms with Crippen LogP contribution in [0.1, 0.15) is 13.8 Å². The van der Waals surface area contributed by atoms with Gasteiger partial charge in [-0.1, -0.05) is 0 Å². The van der Waals surface area contributed by atoms with Gasteiger partial charge in [0.1, 0.15) is 6.04 Å². The van der Waals surface area contributed by atoms with Crippen molar-refractivity contribution in [2.24, 2.45) is 0 Å². The first-order valence-electron chi connectivity index (χ1n) is 4.28. The van der Waals surface area contributed by atoms with Gasteiger partial charge in [-0.25, -0.2) is 0 Å². The number of hydrogen-bond acceptors (Lipinski definition) is 3. The number of morpholine rings is 1. The van der Waals surface area contributed by atoms with Crippen LogP contribution in [0.3, 0.4) is 0 Å². The van der Waals surface area contributed by atoms with E-state index in [0.29, 0.717) is 6.61 Å². The zero-order valence-corrected chi connectivity index (χ0v) is 7.46. The molecule has 1 amide bonds. The predicted octanol–water partition coefficient (Wildman–Crippen LogP) is -0.447. The van der Waals surface area contributed by atoms with E-state index in [-0.39, 0.29) is 17.6 Å². The molecular formula is C8H14N2O2. The maximum Gasteiger partial charge on any atom is 0.241 e. The van der Waals surface area contributed by atoms with Crippen molar-refractivity contribution in [2.75, 3.05) is 19.8 Å². The van der Waals surface area contributed by atoms with Gasteiger partial charge in [-0.15, -0.1) is 0 Å². The second-order valence-electron chi connectivity index (χ2n) is 3.83. The Bertz CT molecular complexity index is 215. The number of rotatable bonds is 0. The average molecular weight is 170 g/mol. The number of nitrogens with one attached hydrogen (secondary N) is 1.